The topological polar surface area (TPSA) is 57.8 Å². The molecule has 0 spiro atoms. The van der Waals surface area contributed by atoms with Crippen LogP contribution in [0.1, 0.15) is 16.1 Å². The Hall–Kier alpha value is -2.51. The maximum atomic E-state index is 13.9. The van der Waals surface area contributed by atoms with Crippen molar-refractivity contribution in [2.45, 2.75) is 6.92 Å². The van der Waals surface area contributed by atoms with E-state index in [9.17, 15) is 9.18 Å². The average Bonchev–Trinajstić information content (AvgIpc) is 3.17. The van der Waals surface area contributed by atoms with E-state index in [4.69, 9.17) is 0 Å². The van der Waals surface area contributed by atoms with E-state index in [1.165, 1.54) is 23.5 Å². The van der Waals surface area contributed by atoms with Gasteiger partial charge in [0.25, 0.3) is 5.91 Å². The molecule has 0 fully saturated rings. The number of hydrogen-bond acceptors (Lipinski definition) is 3. The predicted molar refractivity (Wildman–Crippen MR) is 106 cm³/mol. The molecule has 1 amide bonds. The number of rotatable bonds is 3. The van der Waals surface area contributed by atoms with Gasteiger partial charge in [0.15, 0.2) is 5.13 Å². The molecule has 26 heavy (non-hydrogen) atoms. The standard InChI is InChI=1S/C19H13BrFN3OS/c1-10-17(13-4-2-3-5-15(13)22-10)16-9-26-19(23-16)24-18(25)12-7-6-11(20)8-14(12)21/h2-9,22H,1H3,(H,23,24,25). The van der Waals surface area contributed by atoms with Crippen molar-refractivity contribution in [3.63, 3.8) is 0 Å². The third-order valence-electron chi connectivity index (χ3n) is 4.05. The lowest BCUT2D eigenvalue weighted by Crippen LogP contribution is -2.13. The van der Waals surface area contributed by atoms with Crippen LogP contribution >= 0.6 is 27.3 Å². The second-order valence-corrected chi connectivity index (χ2v) is 7.56. The van der Waals surface area contributed by atoms with Crippen LogP contribution in [0.3, 0.4) is 0 Å². The Labute approximate surface area is 161 Å². The lowest BCUT2D eigenvalue weighted by atomic mass is 10.1. The quantitative estimate of drug-likeness (QED) is 0.435. The van der Waals surface area contributed by atoms with E-state index < -0.39 is 11.7 Å². The summed E-state index contributed by atoms with van der Waals surface area (Å²) in [4.78, 5) is 20.2. The predicted octanol–water partition coefficient (Wildman–Crippen LogP) is 5.75. The van der Waals surface area contributed by atoms with Crippen LogP contribution in [-0.4, -0.2) is 15.9 Å². The van der Waals surface area contributed by atoms with Crippen LogP contribution in [0, 0.1) is 12.7 Å². The molecular formula is C19H13BrFN3OS. The van der Waals surface area contributed by atoms with Crippen LogP contribution in [0.5, 0.6) is 0 Å². The summed E-state index contributed by atoms with van der Waals surface area (Å²) >= 11 is 4.49. The van der Waals surface area contributed by atoms with Gasteiger partial charge < -0.3 is 4.98 Å². The Bertz CT molecular complexity index is 1130. The molecule has 2 heterocycles. The minimum Gasteiger partial charge on any atom is -0.358 e. The van der Waals surface area contributed by atoms with Crippen LogP contribution in [0.15, 0.2) is 52.3 Å². The van der Waals surface area contributed by atoms with E-state index in [-0.39, 0.29) is 5.56 Å². The maximum absolute atomic E-state index is 13.9. The van der Waals surface area contributed by atoms with Gasteiger partial charge in [-0.05, 0) is 31.2 Å². The lowest BCUT2D eigenvalue weighted by Gasteiger charge is -2.03. The minimum absolute atomic E-state index is 0.0202. The summed E-state index contributed by atoms with van der Waals surface area (Å²) < 4.78 is 14.5. The number of nitrogens with zero attached hydrogens (tertiary/aromatic N) is 1. The summed E-state index contributed by atoms with van der Waals surface area (Å²) in [6.07, 6.45) is 0. The van der Waals surface area contributed by atoms with Crippen LogP contribution in [-0.2, 0) is 0 Å². The molecule has 0 radical (unpaired) electrons. The van der Waals surface area contributed by atoms with Crippen molar-refractivity contribution in [2.24, 2.45) is 0 Å². The zero-order chi connectivity index (χ0) is 18.3. The molecule has 0 saturated heterocycles. The van der Waals surface area contributed by atoms with Gasteiger partial charge in [0.05, 0.1) is 11.3 Å². The fourth-order valence-corrected chi connectivity index (χ4v) is 3.92. The second-order valence-electron chi connectivity index (χ2n) is 5.79. The van der Waals surface area contributed by atoms with Gasteiger partial charge in [-0.25, -0.2) is 9.37 Å². The molecule has 2 aromatic heterocycles. The fraction of sp³-hybridized carbons (Fsp3) is 0.0526. The molecule has 0 aliphatic rings. The van der Waals surface area contributed by atoms with Gasteiger partial charge in [-0.1, -0.05) is 34.1 Å². The molecule has 0 aliphatic carbocycles. The Morgan fingerprint density at radius 3 is 2.88 bits per heavy atom. The summed E-state index contributed by atoms with van der Waals surface area (Å²) in [6.45, 7) is 1.99. The summed E-state index contributed by atoms with van der Waals surface area (Å²) in [5.41, 5.74) is 3.81. The molecule has 0 bridgehead atoms. The summed E-state index contributed by atoms with van der Waals surface area (Å²) in [5, 5.41) is 6.06. The van der Waals surface area contributed by atoms with Gasteiger partial charge in [-0.2, -0.15) is 0 Å². The highest BCUT2D eigenvalue weighted by Crippen LogP contribution is 2.34. The van der Waals surface area contributed by atoms with Gasteiger partial charge in [-0.15, -0.1) is 11.3 Å². The van der Waals surface area contributed by atoms with E-state index in [0.29, 0.717) is 9.60 Å². The first-order chi connectivity index (χ1) is 12.5. The van der Waals surface area contributed by atoms with Gasteiger partial charge in [0.1, 0.15) is 5.82 Å². The number of aromatic amines is 1. The van der Waals surface area contributed by atoms with Crippen LogP contribution in [0.4, 0.5) is 9.52 Å². The zero-order valence-corrected chi connectivity index (χ0v) is 16.0. The van der Waals surface area contributed by atoms with E-state index in [0.717, 1.165) is 27.9 Å². The van der Waals surface area contributed by atoms with Crippen molar-refractivity contribution >= 4 is 49.2 Å². The monoisotopic (exact) mass is 429 g/mol. The molecule has 0 saturated carbocycles. The number of nitrogens with one attached hydrogen (secondary N) is 2. The number of carbonyl (C=O) groups is 1. The molecule has 0 aliphatic heterocycles. The molecule has 0 unspecified atom stereocenters. The smallest absolute Gasteiger partial charge is 0.260 e. The third-order valence-corrected chi connectivity index (χ3v) is 5.30. The summed E-state index contributed by atoms with van der Waals surface area (Å²) in [6, 6.07) is 12.3. The van der Waals surface area contributed by atoms with Gasteiger partial charge in [0.2, 0.25) is 0 Å². The first-order valence-corrected chi connectivity index (χ1v) is 9.50. The van der Waals surface area contributed by atoms with Gasteiger partial charge in [0, 0.05) is 32.0 Å². The molecular weight excluding hydrogens is 417 g/mol. The Morgan fingerprint density at radius 2 is 2.08 bits per heavy atom. The number of halogens is 2. The van der Waals surface area contributed by atoms with Crippen molar-refractivity contribution < 1.29 is 9.18 Å². The largest absolute Gasteiger partial charge is 0.358 e. The van der Waals surface area contributed by atoms with Gasteiger partial charge >= 0.3 is 0 Å². The molecule has 7 heteroatoms. The highest BCUT2D eigenvalue weighted by Gasteiger charge is 2.16. The molecule has 4 rings (SSSR count). The van der Waals surface area contributed by atoms with Crippen LogP contribution in [0.2, 0.25) is 0 Å². The van der Waals surface area contributed by atoms with Gasteiger partial charge in [-0.3, -0.25) is 10.1 Å². The van der Waals surface area contributed by atoms with Crippen molar-refractivity contribution in [3.8, 4) is 11.3 Å². The van der Waals surface area contributed by atoms with E-state index in [1.807, 2.05) is 36.6 Å². The van der Waals surface area contributed by atoms with Crippen LogP contribution in [0.25, 0.3) is 22.2 Å². The summed E-state index contributed by atoms with van der Waals surface area (Å²) in [5.74, 6) is -1.10. The van der Waals surface area contributed by atoms with E-state index in [1.54, 1.807) is 6.07 Å². The molecule has 0 atom stereocenters. The van der Waals surface area contributed by atoms with Crippen molar-refractivity contribution in [2.75, 3.05) is 5.32 Å². The number of aryl methyl sites for hydroxylation is 1. The first-order valence-electron chi connectivity index (χ1n) is 7.82. The minimum atomic E-state index is -0.582. The number of carbonyl (C=O) groups excluding carboxylic acids is 1. The number of amides is 1. The maximum Gasteiger partial charge on any atom is 0.260 e. The van der Waals surface area contributed by atoms with Crippen LogP contribution < -0.4 is 5.32 Å². The number of para-hydroxylation sites is 1. The van der Waals surface area contributed by atoms with E-state index in [2.05, 4.69) is 31.2 Å². The highest BCUT2D eigenvalue weighted by atomic mass is 79.9. The number of thiazole rings is 1. The number of H-pyrrole nitrogens is 1. The number of fused-ring (bicyclic) bond motifs is 1. The third kappa shape index (κ3) is 3.04. The molecule has 130 valence electrons. The van der Waals surface area contributed by atoms with E-state index >= 15 is 0 Å². The molecule has 2 aromatic carbocycles. The zero-order valence-electron chi connectivity index (χ0n) is 13.6. The molecule has 4 aromatic rings. The Kier molecular flexibility index (Phi) is 4.34. The number of aromatic nitrogens is 2. The SMILES string of the molecule is Cc1[nH]c2ccccc2c1-c1csc(NC(=O)c2ccc(Br)cc2F)n1. The number of anilines is 1. The van der Waals surface area contributed by atoms with Crippen molar-refractivity contribution in [1.82, 2.24) is 9.97 Å². The normalized spacial score (nSPS) is 11.0. The lowest BCUT2D eigenvalue weighted by molar-refractivity contribution is 0.102. The summed E-state index contributed by atoms with van der Waals surface area (Å²) in [7, 11) is 0. The van der Waals surface area contributed by atoms with Crippen molar-refractivity contribution in [1.29, 1.82) is 0 Å². The highest BCUT2D eigenvalue weighted by molar-refractivity contribution is 9.10. The van der Waals surface area contributed by atoms with Crippen molar-refractivity contribution in [3.05, 3.63) is 69.4 Å². The first kappa shape index (κ1) is 16.9. The fourth-order valence-electron chi connectivity index (χ4n) is 2.89. The second kappa shape index (κ2) is 6.66. The molecule has 4 nitrogen and oxygen atoms in total. The average molecular weight is 430 g/mol. The Morgan fingerprint density at radius 1 is 1.27 bits per heavy atom. The number of hydrogen-bond donors (Lipinski definition) is 2. The Balaban J connectivity index is 1.64. The molecule has 2 N–H and O–H groups in total. The number of benzene rings is 2.